The van der Waals surface area contributed by atoms with Gasteiger partial charge in [0.15, 0.2) is 0 Å². The van der Waals surface area contributed by atoms with E-state index in [1.807, 2.05) is 25.1 Å². The molecule has 24 heavy (non-hydrogen) atoms. The smallest absolute Gasteiger partial charge is 0.224 e. The van der Waals surface area contributed by atoms with Crippen LogP contribution in [0, 0.1) is 24.2 Å². The van der Waals surface area contributed by atoms with E-state index in [1.165, 1.54) is 0 Å². The Morgan fingerprint density at radius 3 is 3.04 bits per heavy atom. The van der Waals surface area contributed by atoms with Crippen LogP contribution in [0.5, 0.6) is 0 Å². The van der Waals surface area contributed by atoms with Gasteiger partial charge in [0.1, 0.15) is 5.82 Å². The molecule has 0 spiro atoms. The Kier molecular flexibility index (Phi) is 3.42. The van der Waals surface area contributed by atoms with Crippen molar-refractivity contribution in [3.63, 3.8) is 0 Å². The molecular weight excluding hydrogens is 300 g/mol. The zero-order valence-electron chi connectivity index (χ0n) is 13.7. The number of hydrogen-bond donors (Lipinski definition) is 2. The van der Waals surface area contributed by atoms with Crippen LogP contribution >= 0.6 is 0 Å². The number of benzene rings is 1. The van der Waals surface area contributed by atoms with Gasteiger partial charge in [-0.3, -0.25) is 4.79 Å². The number of aromatic nitrogens is 2. The van der Waals surface area contributed by atoms with Gasteiger partial charge in [-0.1, -0.05) is 12.1 Å². The summed E-state index contributed by atoms with van der Waals surface area (Å²) in [6.45, 7) is 1.95. The highest BCUT2D eigenvalue weighted by molar-refractivity contribution is 5.80. The fraction of sp³-hybridized carbons (Fsp3) is 0.421. The Bertz CT molecular complexity index is 841. The van der Waals surface area contributed by atoms with Crippen molar-refractivity contribution in [3.8, 4) is 6.07 Å². The highest BCUT2D eigenvalue weighted by Crippen LogP contribution is 2.46. The number of carbonyl (C=O) groups is 1. The number of aryl methyl sites for hydroxylation is 2. The summed E-state index contributed by atoms with van der Waals surface area (Å²) in [4.78, 5) is 20.5. The first-order chi connectivity index (χ1) is 11.6. The van der Waals surface area contributed by atoms with Gasteiger partial charge in [-0.2, -0.15) is 5.26 Å². The number of rotatable bonds is 3. The molecule has 2 aromatic rings. The highest BCUT2D eigenvalue weighted by atomic mass is 16.2. The van der Waals surface area contributed by atoms with Crippen molar-refractivity contribution in [2.45, 2.75) is 44.6 Å². The largest absolute Gasteiger partial charge is 0.346 e. The predicted octanol–water partition coefficient (Wildman–Crippen LogP) is 2.50. The fourth-order valence-electron chi connectivity index (χ4n) is 3.68. The van der Waals surface area contributed by atoms with E-state index in [4.69, 9.17) is 5.26 Å². The number of hydrogen-bond acceptors (Lipinski definition) is 3. The number of fused-ring (bicyclic) bond motifs is 1. The third kappa shape index (κ3) is 2.58. The first kappa shape index (κ1) is 14.9. The van der Waals surface area contributed by atoms with E-state index in [0.29, 0.717) is 5.56 Å². The Balaban J connectivity index is 1.49. The molecule has 0 radical (unpaired) electrons. The second-order valence-electron chi connectivity index (χ2n) is 6.95. The van der Waals surface area contributed by atoms with Crippen molar-refractivity contribution in [3.05, 3.63) is 52.6 Å². The molecule has 2 aliphatic rings. The van der Waals surface area contributed by atoms with Gasteiger partial charge in [0.05, 0.1) is 22.9 Å². The van der Waals surface area contributed by atoms with Gasteiger partial charge >= 0.3 is 0 Å². The quantitative estimate of drug-likeness (QED) is 0.911. The summed E-state index contributed by atoms with van der Waals surface area (Å²) >= 11 is 0. The number of amides is 1. The van der Waals surface area contributed by atoms with Crippen molar-refractivity contribution in [2.75, 3.05) is 0 Å². The van der Waals surface area contributed by atoms with Crippen LogP contribution in [0.3, 0.4) is 0 Å². The summed E-state index contributed by atoms with van der Waals surface area (Å²) in [7, 11) is 0. The van der Waals surface area contributed by atoms with E-state index in [9.17, 15) is 4.79 Å². The monoisotopic (exact) mass is 320 g/mol. The second-order valence-corrected chi connectivity index (χ2v) is 6.95. The van der Waals surface area contributed by atoms with E-state index >= 15 is 0 Å². The molecule has 0 bridgehead atoms. The molecule has 0 saturated heterocycles. The molecule has 5 nitrogen and oxygen atoms in total. The number of nitrogens with zero attached hydrogens (tertiary/aromatic N) is 2. The number of carbonyl (C=O) groups excluding carboxylic acids is 1. The van der Waals surface area contributed by atoms with Crippen molar-refractivity contribution < 1.29 is 4.79 Å². The molecule has 1 atom stereocenters. The summed E-state index contributed by atoms with van der Waals surface area (Å²) in [6.07, 6.45) is 4.31. The van der Waals surface area contributed by atoms with Crippen LogP contribution in [0.25, 0.3) is 0 Å². The minimum absolute atomic E-state index is 0.00558. The normalized spacial score (nSPS) is 20.8. The zero-order chi connectivity index (χ0) is 16.7. The number of H-pyrrole nitrogens is 1. The lowest BCUT2D eigenvalue weighted by atomic mass is 9.88. The first-order valence-electron chi connectivity index (χ1n) is 8.47. The highest BCUT2D eigenvalue weighted by Gasteiger charge is 2.46. The van der Waals surface area contributed by atoms with Crippen LogP contribution in [0.1, 0.15) is 47.6 Å². The summed E-state index contributed by atoms with van der Waals surface area (Å²) < 4.78 is 0. The van der Waals surface area contributed by atoms with Crippen LogP contribution in [-0.2, 0) is 23.2 Å². The van der Waals surface area contributed by atoms with Gasteiger partial charge < -0.3 is 10.3 Å². The van der Waals surface area contributed by atoms with Crippen LogP contribution in [-0.4, -0.2) is 15.9 Å². The SMILES string of the molecule is Cc1nc2c([nH]1)C[C@H](C(=O)NC1(c3cccc(C#N)c3)CC1)CC2. The maximum atomic E-state index is 12.8. The van der Waals surface area contributed by atoms with E-state index in [1.54, 1.807) is 6.07 Å². The standard InChI is InChI=1S/C19H20N4O/c1-12-21-16-6-5-14(10-17(16)22-12)18(24)23-19(7-8-19)15-4-2-3-13(9-15)11-20/h2-4,9,14H,5-8,10H2,1H3,(H,21,22)(H,23,24)/t14-/m1/s1. The summed E-state index contributed by atoms with van der Waals surface area (Å²) in [5, 5.41) is 12.3. The van der Waals surface area contributed by atoms with Crippen LogP contribution in [0.15, 0.2) is 24.3 Å². The Morgan fingerprint density at radius 2 is 2.29 bits per heavy atom. The average Bonchev–Trinajstić information content (AvgIpc) is 3.27. The van der Waals surface area contributed by atoms with Gasteiger partial charge in [-0.25, -0.2) is 4.98 Å². The molecule has 1 heterocycles. The van der Waals surface area contributed by atoms with Crippen LogP contribution < -0.4 is 5.32 Å². The second kappa shape index (κ2) is 5.48. The number of imidazole rings is 1. The van der Waals surface area contributed by atoms with E-state index < -0.39 is 0 Å². The lowest BCUT2D eigenvalue weighted by Crippen LogP contribution is -2.40. The molecule has 1 saturated carbocycles. The van der Waals surface area contributed by atoms with E-state index in [-0.39, 0.29) is 17.4 Å². The predicted molar refractivity (Wildman–Crippen MR) is 89.1 cm³/mol. The van der Waals surface area contributed by atoms with Gasteiger partial charge in [-0.15, -0.1) is 0 Å². The summed E-state index contributed by atoms with van der Waals surface area (Å²) in [5.41, 5.74) is 3.63. The molecule has 5 heteroatoms. The molecular formula is C19H20N4O. The van der Waals surface area contributed by atoms with E-state index in [0.717, 1.165) is 54.9 Å². The molecule has 1 aromatic carbocycles. The molecule has 4 rings (SSSR count). The Morgan fingerprint density at radius 1 is 1.46 bits per heavy atom. The van der Waals surface area contributed by atoms with Crippen molar-refractivity contribution >= 4 is 5.91 Å². The maximum absolute atomic E-state index is 12.8. The number of aromatic amines is 1. The van der Waals surface area contributed by atoms with Gasteiger partial charge in [0.2, 0.25) is 5.91 Å². The van der Waals surface area contributed by atoms with Crippen molar-refractivity contribution in [1.82, 2.24) is 15.3 Å². The molecule has 2 aliphatic carbocycles. The Hall–Kier alpha value is -2.61. The van der Waals surface area contributed by atoms with Crippen LogP contribution in [0.4, 0.5) is 0 Å². The molecule has 0 unspecified atom stereocenters. The minimum Gasteiger partial charge on any atom is -0.346 e. The summed E-state index contributed by atoms with van der Waals surface area (Å²) in [5.74, 6) is 1.04. The molecule has 2 N–H and O–H groups in total. The van der Waals surface area contributed by atoms with Crippen LogP contribution in [0.2, 0.25) is 0 Å². The lowest BCUT2D eigenvalue weighted by molar-refractivity contribution is -0.126. The first-order valence-corrected chi connectivity index (χ1v) is 8.47. The zero-order valence-corrected chi connectivity index (χ0v) is 13.7. The third-order valence-electron chi connectivity index (χ3n) is 5.19. The lowest BCUT2D eigenvalue weighted by Gasteiger charge is -2.25. The summed E-state index contributed by atoms with van der Waals surface area (Å²) in [6, 6.07) is 9.76. The molecule has 1 amide bonds. The van der Waals surface area contributed by atoms with Gasteiger partial charge in [0.25, 0.3) is 0 Å². The van der Waals surface area contributed by atoms with Crippen molar-refractivity contribution in [2.24, 2.45) is 5.92 Å². The number of nitrogens with one attached hydrogen (secondary N) is 2. The average molecular weight is 320 g/mol. The molecule has 0 aliphatic heterocycles. The van der Waals surface area contributed by atoms with Gasteiger partial charge in [-0.05, 0) is 50.3 Å². The Labute approximate surface area is 141 Å². The molecule has 1 aromatic heterocycles. The van der Waals surface area contributed by atoms with Crippen molar-refractivity contribution in [1.29, 1.82) is 5.26 Å². The fourth-order valence-corrected chi connectivity index (χ4v) is 3.68. The van der Waals surface area contributed by atoms with Gasteiger partial charge in [0, 0.05) is 18.0 Å². The number of nitriles is 1. The maximum Gasteiger partial charge on any atom is 0.224 e. The van der Waals surface area contributed by atoms with E-state index in [2.05, 4.69) is 21.4 Å². The molecule has 122 valence electrons. The topological polar surface area (TPSA) is 81.6 Å². The molecule has 1 fully saturated rings. The third-order valence-corrected chi connectivity index (χ3v) is 5.19. The minimum atomic E-state index is -0.270.